The van der Waals surface area contributed by atoms with Crippen molar-refractivity contribution in [3.63, 3.8) is 0 Å². The number of ketones is 1. The van der Waals surface area contributed by atoms with Gasteiger partial charge < -0.3 is 9.84 Å². The second-order valence-electron chi connectivity index (χ2n) is 7.78. The van der Waals surface area contributed by atoms with E-state index in [1.54, 1.807) is 49.4 Å². The Morgan fingerprint density at radius 3 is 2.75 bits per heavy atom. The molecule has 9 heteroatoms. The maximum atomic E-state index is 13.2. The summed E-state index contributed by atoms with van der Waals surface area (Å²) in [4.78, 5) is 27.5. The molecule has 0 radical (unpaired) electrons. The Kier molecular flexibility index (Phi) is 4.98. The number of carbonyl (C=O) groups excluding carboxylic acids is 2. The van der Waals surface area contributed by atoms with Gasteiger partial charge in [-0.15, -0.1) is 10.2 Å². The number of anilines is 1. The zero-order valence-electron chi connectivity index (χ0n) is 17.2. The summed E-state index contributed by atoms with van der Waals surface area (Å²) in [6.45, 7) is 3.73. The number of ether oxygens (including phenoxy) is 1. The summed E-state index contributed by atoms with van der Waals surface area (Å²) in [6, 6.07) is 11.2. The fraction of sp³-hybridized carbons (Fsp3) is 0.217. The molecule has 0 unspecified atom stereocenters. The lowest BCUT2D eigenvalue weighted by Crippen LogP contribution is -2.29. The van der Waals surface area contributed by atoms with Crippen LogP contribution in [0.25, 0.3) is 5.76 Å². The number of nitrogens with zero attached hydrogens (tertiary/aromatic N) is 3. The number of aromatic nitrogens is 2. The van der Waals surface area contributed by atoms with Crippen LogP contribution in [0.2, 0.25) is 5.02 Å². The van der Waals surface area contributed by atoms with Crippen molar-refractivity contribution in [3.05, 3.63) is 74.8 Å². The van der Waals surface area contributed by atoms with Gasteiger partial charge in [-0.05, 0) is 55.3 Å². The molecule has 0 spiro atoms. The normalized spacial score (nSPS) is 21.7. The predicted molar refractivity (Wildman–Crippen MR) is 121 cm³/mol. The van der Waals surface area contributed by atoms with E-state index in [1.165, 1.54) is 16.2 Å². The number of fused-ring (bicyclic) bond motifs is 1. The number of halogens is 1. The molecule has 32 heavy (non-hydrogen) atoms. The molecule has 2 aromatic carbocycles. The molecule has 0 saturated carbocycles. The zero-order valence-corrected chi connectivity index (χ0v) is 18.8. The Labute approximate surface area is 192 Å². The van der Waals surface area contributed by atoms with E-state index in [2.05, 4.69) is 10.2 Å². The fourth-order valence-corrected chi connectivity index (χ4v) is 5.04. The van der Waals surface area contributed by atoms with Gasteiger partial charge in [0.1, 0.15) is 22.6 Å². The van der Waals surface area contributed by atoms with E-state index >= 15 is 0 Å². The minimum atomic E-state index is -0.885. The third-order valence-corrected chi connectivity index (χ3v) is 6.57. The zero-order chi connectivity index (χ0) is 22.6. The van der Waals surface area contributed by atoms with E-state index in [0.29, 0.717) is 27.6 Å². The molecule has 0 bridgehead atoms. The number of hydrogen-bond donors (Lipinski definition) is 1. The maximum absolute atomic E-state index is 13.2. The Morgan fingerprint density at radius 1 is 1.22 bits per heavy atom. The second-order valence-corrected chi connectivity index (χ2v) is 9.38. The molecule has 2 aliphatic heterocycles. The monoisotopic (exact) mass is 467 g/mol. The SMILES string of the molecule is Cc1nnc(N2C(=O)C(=O)/C(=C(/O)c3ccc4c(c3)C[C@H](C)O4)[C@H]2c2cccc(Cl)c2)s1. The topological polar surface area (TPSA) is 92.6 Å². The van der Waals surface area contributed by atoms with Crippen LogP contribution in [-0.4, -0.2) is 33.1 Å². The van der Waals surface area contributed by atoms with Gasteiger partial charge in [-0.25, -0.2) is 0 Å². The van der Waals surface area contributed by atoms with Crippen LogP contribution in [0.4, 0.5) is 5.13 Å². The van der Waals surface area contributed by atoms with Crippen molar-refractivity contribution in [3.8, 4) is 5.75 Å². The van der Waals surface area contributed by atoms with Gasteiger partial charge in [-0.3, -0.25) is 14.5 Å². The first kappa shape index (κ1) is 20.7. The van der Waals surface area contributed by atoms with E-state index in [1.807, 2.05) is 6.92 Å². The molecular weight excluding hydrogens is 450 g/mol. The highest BCUT2D eigenvalue weighted by Crippen LogP contribution is 2.44. The molecule has 1 aromatic heterocycles. The van der Waals surface area contributed by atoms with Crippen molar-refractivity contribution in [2.24, 2.45) is 0 Å². The highest BCUT2D eigenvalue weighted by molar-refractivity contribution is 7.15. The van der Waals surface area contributed by atoms with Crippen LogP contribution in [0, 0.1) is 6.92 Å². The number of aliphatic hydroxyl groups is 1. The summed E-state index contributed by atoms with van der Waals surface area (Å²) in [5, 5.41) is 20.7. The van der Waals surface area contributed by atoms with Crippen LogP contribution >= 0.6 is 22.9 Å². The molecule has 5 rings (SSSR count). The third kappa shape index (κ3) is 3.36. The lowest BCUT2D eigenvalue weighted by molar-refractivity contribution is -0.132. The van der Waals surface area contributed by atoms with E-state index in [-0.39, 0.29) is 22.6 Å². The van der Waals surface area contributed by atoms with Gasteiger partial charge >= 0.3 is 5.91 Å². The molecule has 1 N–H and O–H groups in total. The Hall–Kier alpha value is -3.23. The summed E-state index contributed by atoms with van der Waals surface area (Å²) in [7, 11) is 0. The van der Waals surface area contributed by atoms with Crippen molar-refractivity contribution in [2.45, 2.75) is 32.4 Å². The standard InChI is InChI=1S/C23H18ClN3O4S/c1-11-8-15-9-14(6-7-17(15)31-11)20(28)18-19(13-4-3-5-16(24)10-13)27(22(30)21(18)29)23-26-25-12(2)32-23/h3-7,9-11,19,28H,8H2,1-2H3/b20-18+/t11-,19+/m0/s1. The molecule has 2 aliphatic rings. The molecule has 7 nitrogen and oxygen atoms in total. The van der Waals surface area contributed by atoms with Crippen LogP contribution in [0.3, 0.4) is 0 Å². The predicted octanol–water partition coefficient (Wildman–Crippen LogP) is 4.45. The van der Waals surface area contributed by atoms with Crippen LogP contribution in [0.15, 0.2) is 48.0 Å². The smallest absolute Gasteiger partial charge is 0.301 e. The minimum Gasteiger partial charge on any atom is -0.507 e. The molecule has 0 aliphatic carbocycles. The van der Waals surface area contributed by atoms with Crippen LogP contribution in [0.1, 0.15) is 34.7 Å². The summed E-state index contributed by atoms with van der Waals surface area (Å²) >= 11 is 7.41. The number of carbonyl (C=O) groups is 2. The van der Waals surface area contributed by atoms with Gasteiger partial charge in [-0.2, -0.15) is 0 Å². The van der Waals surface area contributed by atoms with Crippen LogP contribution in [0.5, 0.6) is 5.75 Å². The number of amides is 1. The Balaban J connectivity index is 1.69. The number of Topliss-reactive ketones (excluding diaryl/α,β-unsaturated/α-hetero) is 1. The van der Waals surface area contributed by atoms with Crippen LogP contribution < -0.4 is 9.64 Å². The molecule has 1 fully saturated rings. The fourth-order valence-electron chi connectivity index (χ4n) is 4.13. The molecule has 1 amide bonds. The molecular formula is C23H18ClN3O4S. The highest BCUT2D eigenvalue weighted by Gasteiger charge is 2.48. The third-order valence-electron chi connectivity index (χ3n) is 5.50. The number of hydrogen-bond acceptors (Lipinski definition) is 7. The number of rotatable bonds is 3. The Bertz CT molecular complexity index is 1300. The summed E-state index contributed by atoms with van der Waals surface area (Å²) < 4.78 is 5.73. The van der Waals surface area contributed by atoms with Crippen molar-refractivity contribution >= 4 is 45.5 Å². The van der Waals surface area contributed by atoms with E-state index in [0.717, 1.165) is 11.3 Å². The summed E-state index contributed by atoms with van der Waals surface area (Å²) in [6.07, 6.45) is 0.743. The lowest BCUT2D eigenvalue weighted by Gasteiger charge is -2.22. The number of benzene rings is 2. The van der Waals surface area contributed by atoms with E-state index in [9.17, 15) is 14.7 Å². The number of aliphatic hydroxyl groups excluding tert-OH is 1. The first-order valence-corrected chi connectivity index (χ1v) is 11.2. The highest BCUT2D eigenvalue weighted by atomic mass is 35.5. The lowest BCUT2D eigenvalue weighted by atomic mass is 9.94. The first-order valence-electron chi connectivity index (χ1n) is 10.00. The molecule has 2 atom stereocenters. The van der Waals surface area contributed by atoms with Crippen molar-refractivity contribution in [1.82, 2.24) is 10.2 Å². The average molecular weight is 468 g/mol. The van der Waals surface area contributed by atoms with E-state index in [4.69, 9.17) is 16.3 Å². The van der Waals surface area contributed by atoms with Crippen molar-refractivity contribution in [2.75, 3.05) is 4.90 Å². The van der Waals surface area contributed by atoms with Gasteiger partial charge in [0.05, 0.1) is 11.6 Å². The quantitative estimate of drug-likeness (QED) is 0.347. The summed E-state index contributed by atoms with van der Waals surface area (Å²) in [5.41, 5.74) is 1.95. The largest absolute Gasteiger partial charge is 0.507 e. The van der Waals surface area contributed by atoms with Gasteiger partial charge in [0.2, 0.25) is 5.13 Å². The molecule has 3 heterocycles. The van der Waals surface area contributed by atoms with Crippen molar-refractivity contribution in [1.29, 1.82) is 0 Å². The molecule has 3 aromatic rings. The van der Waals surface area contributed by atoms with E-state index < -0.39 is 17.7 Å². The second kappa shape index (κ2) is 7.72. The number of aryl methyl sites for hydroxylation is 1. The average Bonchev–Trinajstić information content (AvgIpc) is 3.42. The van der Waals surface area contributed by atoms with Crippen LogP contribution in [-0.2, 0) is 16.0 Å². The van der Waals surface area contributed by atoms with Gasteiger partial charge in [0, 0.05) is 17.0 Å². The van der Waals surface area contributed by atoms with Crippen molar-refractivity contribution < 1.29 is 19.4 Å². The van der Waals surface area contributed by atoms with Gasteiger partial charge in [0.15, 0.2) is 0 Å². The van der Waals surface area contributed by atoms with Gasteiger partial charge in [-0.1, -0.05) is 35.1 Å². The molecule has 162 valence electrons. The molecule has 1 saturated heterocycles. The van der Waals surface area contributed by atoms with Gasteiger partial charge in [0.25, 0.3) is 5.78 Å². The Morgan fingerprint density at radius 2 is 2.03 bits per heavy atom. The maximum Gasteiger partial charge on any atom is 0.301 e. The summed E-state index contributed by atoms with van der Waals surface area (Å²) in [5.74, 6) is -1.05. The first-order chi connectivity index (χ1) is 15.3. The minimum absolute atomic E-state index is 0.0166.